The van der Waals surface area contributed by atoms with E-state index in [1.807, 2.05) is 27.7 Å². The van der Waals surface area contributed by atoms with Crippen molar-refractivity contribution >= 4 is 19.2 Å². The summed E-state index contributed by atoms with van der Waals surface area (Å²) in [7, 11) is -0.566. The monoisotopic (exact) mass is 291 g/mol. The van der Waals surface area contributed by atoms with E-state index in [9.17, 15) is 9.59 Å². The number of carboxylic acids is 1. The van der Waals surface area contributed by atoms with Gasteiger partial charge in [-0.1, -0.05) is 12.1 Å². The van der Waals surface area contributed by atoms with Gasteiger partial charge in [-0.2, -0.15) is 0 Å². The lowest BCUT2D eigenvalue weighted by Gasteiger charge is -2.32. The molecule has 2 N–H and O–H groups in total. The maximum absolute atomic E-state index is 11.2. The predicted octanol–water partition coefficient (Wildman–Crippen LogP) is 1.72. The molecular formula is C14H18BNO5. The molecule has 0 spiro atoms. The summed E-state index contributed by atoms with van der Waals surface area (Å²) >= 11 is 0. The van der Waals surface area contributed by atoms with Gasteiger partial charge in [0.15, 0.2) is 0 Å². The van der Waals surface area contributed by atoms with Crippen LogP contribution in [0.25, 0.3) is 6.08 Å². The van der Waals surface area contributed by atoms with Gasteiger partial charge in [0.2, 0.25) is 5.56 Å². The molecule has 21 heavy (non-hydrogen) atoms. The van der Waals surface area contributed by atoms with Gasteiger partial charge in [0.25, 0.3) is 0 Å². The van der Waals surface area contributed by atoms with Crippen molar-refractivity contribution in [3.8, 4) is 0 Å². The summed E-state index contributed by atoms with van der Waals surface area (Å²) in [6.45, 7) is 7.74. The molecule has 1 fully saturated rings. The number of aromatic amines is 1. The molecule has 7 heteroatoms. The average molecular weight is 291 g/mol. The first-order valence-corrected chi connectivity index (χ1v) is 6.63. The Morgan fingerprint density at radius 1 is 1.24 bits per heavy atom. The second-order valence-electron chi connectivity index (χ2n) is 5.94. The zero-order valence-corrected chi connectivity index (χ0v) is 12.5. The number of carboxylic acid groups (broad SMARTS) is 1. The fraction of sp³-hybridized carbons (Fsp3) is 0.429. The molecule has 0 aliphatic carbocycles. The minimum Gasteiger partial charge on any atom is -0.477 e. The number of pyridine rings is 1. The van der Waals surface area contributed by atoms with Crippen LogP contribution in [0.15, 0.2) is 22.9 Å². The SMILES string of the molecule is CC1(C)OB(/C=C/c2ccc(=O)[nH]c2C(=O)O)OC1(C)C. The molecule has 2 heterocycles. The van der Waals surface area contributed by atoms with Crippen LogP contribution in [-0.4, -0.2) is 34.4 Å². The summed E-state index contributed by atoms with van der Waals surface area (Å²) < 4.78 is 11.6. The van der Waals surface area contributed by atoms with Gasteiger partial charge in [0.1, 0.15) is 5.69 Å². The van der Waals surface area contributed by atoms with E-state index in [1.54, 1.807) is 12.1 Å². The summed E-state index contributed by atoms with van der Waals surface area (Å²) in [6, 6.07) is 2.72. The lowest BCUT2D eigenvalue weighted by Crippen LogP contribution is -2.41. The number of nitrogens with one attached hydrogen (secondary N) is 1. The maximum atomic E-state index is 11.2. The highest BCUT2D eigenvalue weighted by Gasteiger charge is 2.50. The van der Waals surface area contributed by atoms with Crippen LogP contribution in [-0.2, 0) is 9.31 Å². The quantitative estimate of drug-likeness (QED) is 0.828. The number of carbonyl (C=O) groups is 1. The van der Waals surface area contributed by atoms with Crippen molar-refractivity contribution in [1.82, 2.24) is 4.98 Å². The van der Waals surface area contributed by atoms with E-state index < -0.39 is 29.8 Å². The molecular weight excluding hydrogens is 273 g/mol. The molecule has 0 radical (unpaired) electrons. The van der Waals surface area contributed by atoms with Crippen molar-refractivity contribution in [3.05, 3.63) is 39.7 Å². The van der Waals surface area contributed by atoms with Crippen LogP contribution in [0.3, 0.4) is 0 Å². The van der Waals surface area contributed by atoms with E-state index in [0.29, 0.717) is 5.56 Å². The van der Waals surface area contributed by atoms with Gasteiger partial charge in [0, 0.05) is 11.6 Å². The van der Waals surface area contributed by atoms with E-state index >= 15 is 0 Å². The van der Waals surface area contributed by atoms with Crippen LogP contribution >= 0.6 is 0 Å². The highest BCUT2D eigenvalue weighted by atomic mass is 16.7. The van der Waals surface area contributed by atoms with E-state index in [-0.39, 0.29) is 5.69 Å². The molecule has 0 aromatic carbocycles. The van der Waals surface area contributed by atoms with Gasteiger partial charge in [-0.15, -0.1) is 0 Å². The first kappa shape index (κ1) is 15.5. The zero-order chi connectivity index (χ0) is 15.8. The molecule has 1 aromatic rings. The lowest BCUT2D eigenvalue weighted by atomic mass is 9.89. The van der Waals surface area contributed by atoms with E-state index in [0.717, 1.165) is 0 Å². The van der Waals surface area contributed by atoms with E-state index in [4.69, 9.17) is 14.4 Å². The van der Waals surface area contributed by atoms with Crippen molar-refractivity contribution in [3.63, 3.8) is 0 Å². The third kappa shape index (κ3) is 3.09. The smallest absolute Gasteiger partial charge is 0.477 e. The summed E-state index contributed by atoms with van der Waals surface area (Å²) in [5.74, 6) is 0.442. The molecule has 1 aliphatic rings. The molecule has 0 atom stereocenters. The van der Waals surface area contributed by atoms with Crippen molar-refractivity contribution < 1.29 is 19.2 Å². The first-order chi connectivity index (χ1) is 9.62. The summed E-state index contributed by atoms with van der Waals surface area (Å²) in [5, 5.41) is 9.08. The number of H-pyrrole nitrogens is 1. The molecule has 0 unspecified atom stereocenters. The molecule has 0 saturated carbocycles. The van der Waals surface area contributed by atoms with E-state index in [1.165, 1.54) is 12.1 Å². The highest BCUT2D eigenvalue weighted by molar-refractivity contribution is 6.52. The molecule has 1 aliphatic heterocycles. The Labute approximate surface area is 122 Å². The van der Waals surface area contributed by atoms with Gasteiger partial charge in [-0.25, -0.2) is 4.79 Å². The number of aromatic carboxylic acids is 1. The van der Waals surface area contributed by atoms with Crippen LogP contribution < -0.4 is 5.56 Å². The van der Waals surface area contributed by atoms with Gasteiger partial charge in [-0.05, 0) is 33.8 Å². The molecule has 0 bridgehead atoms. The van der Waals surface area contributed by atoms with Crippen LogP contribution in [0.4, 0.5) is 0 Å². The van der Waals surface area contributed by atoms with Gasteiger partial charge >= 0.3 is 13.1 Å². The number of hydrogen-bond donors (Lipinski definition) is 2. The first-order valence-electron chi connectivity index (χ1n) is 6.63. The minimum atomic E-state index is -1.19. The van der Waals surface area contributed by atoms with Gasteiger partial charge < -0.3 is 19.4 Å². The van der Waals surface area contributed by atoms with Crippen LogP contribution in [0.5, 0.6) is 0 Å². The maximum Gasteiger partial charge on any atom is 0.487 e. The zero-order valence-electron chi connectivity index (χ0n) is 12.5. The van der Waals surface area contributed by atoms with Crippen LogP contribution in [0, 0.1) is 0 Å². The van der Waals surface area contributed by atoms with Crippen molar-refractivity contribution in [2.75, 3.05) is 0 Å². The highest BCUT2D eigenvalue weighted by Crippen LogP contribution is 2.37. The average Bonchev–Trinajstić information content (AvgIpc) is 2.56. The molecule has 2 rings (SSSR count). The number of aromatic nitrogens is 1. The van der Waals surface area contributed by atoms with Crippen molar-refractivity contribution in [1.29, 1.82) is 0 Å². The summed E-state index contributed by atoms with van der Waals surface area (Å²) in [4.78, 5) is 24.6. The Morgan fingerprint density at radius 3 is 2.33 bits per heavy atom. The van der Waals surface area contributed by atoms with Crippen molar-refractivity contribution in [2.24, 2.45) is 0 Å². The Bertz CT molecular complexity index is 631. The van der Waals surface area contributed by atoms with Crippen molar-refractivity contribution in [2.45, 2.75) is 38.9 Å². The molecule has 6 nitrogen and oxygen atoms in total. The molecule has 0 amide bonds. The Morgan fingerprint density at radius 2 is 1.81 bits per heavy atom. The Balaban J connectivity index is 2.24. The van der Waals surface area contributed by atoms with Gasteiger partial charge in [0.05, 0.1) is 11.2 Å². The minimum absolute atomic E-state index is 0.157. The topological polar surface area (TPSA) is 88.6 Å². The molecule has 1 saturated heterocycles. The second-order valence-corrected chi connectivity index (χ2v) is 5.94. The second kappa shape index (κ2) is 5.16. The third-order valence-electron chi connectivity index (χ3n) is 3.87. The summed E-state index contributed by atoms with van der Waals surface area (Å²) in [6.07, 6.45) is 1.57. The van der Waals surface area contributed by atoms with E-state index in [2.05, 4.69) is 4.98 Å². The molecule has 1 aromatic heterocycles. The predicted molar refractivity (Wildman–Crippen MR) is 79.1 cm³/mol. The Kier molecular flexibility index (Phi) is 3.82. The number of rotatable bonds is 3. The largest absolute Gasteiger partial charge is 0.487 e. The third-order valence-corrected chi connectivity index (χ3v) is 3.87. The molecule has 112 valence electrons. The fourth-order valence-corrected chi connectivity index (χ4v) is 1.95. The normalized spacial score (nSPS) is 20.1. The standard InChI is InChI=1S/C14H18BNO5/c1-13(2)14(3,4)21-15(20-13)8-7-9-5-6-10(17)16-11(9)12(18)19/h5-8H,1-4H3,(H,16,17)(H,18,19)/b8-7+. The fourth-order valence-electron chi connectivity index (χ4n) is 1.95. The number of hydrogen-bond acceptors (Lipinski definition) is 4. The summed E-state index contributed by atoms with van der Waals surface area (Å²) in [5.41, 5.74) is -1.14. The van der Waals surface area contributed by atoms with Gasteiger partial charge in [-0.3, -0.25) is 4.79 Å². The van der Waals surface area contributed by atoms with Crippen LogP contribution in [0.1, 0.15) is 43.7 Å². The lowest BCUT2D eigenvalue weighted by molar-refractivity contribution is 0.00578. The van der Waals surface area contributed by atoms with Crippen LogP contribution in [0.2, 0.25) is 0 Å². The Hall–Kier alpha value is -1.86.